The van der Waals surface area contributed by atoms with Crippen LogP contribution in [0.25, 0.3) is 0 Å². The molecule has 1 fully saturated rings. The van der Waals surface area contributed by atoms with Gasteiger partial charge < -0.3 is 15.4 Å². The van der Waals surface area contributed by atoms with Gasteiger partial charge in [0.05, 0.1) is 18.9 Å². The van der Waals surface area contributed by atoms with E-state index >= 15 is 0 Å². The van der Waals surface area contributed by atoms with Crippen LogP contribution in [0.1, 0.15) is 0 Å². The topological polar surface area (TPSA) is 125 Å². The Balaban J connectivity index is 3.42. The standard InChI is InChI=1S/C9H11N3O5S2/c1-17-7(14)9(4-19(2,15)16)5(3-10)6(13)11-8(18)12-9/h5H,4H2,1-2H3,(H2,11,12,13,18)/t5-,9+/m0/s1. The molecule has 104 valence electrons. The lowest BCUT2D eigenvalue weighted by atomic mass is 9.84. The number of rotatable bonds is 3. The minimum Gasteiger partial charge on any atom is -0.467 e. The summed E-state index contributed by atoms with van der Waals surface area (Å²) in [5.74, 6) is -4.23. The molecule has 0 aromatic heterocycles. The number of nitrogens with one attached hydrogen (secondary N) is 2. The molecule has 0 saturated carbocycles. The highest BCUT2D eigenvalue weighted by atomic mass is 32.2. The summed E-state index contributed by atoms with van der Waals surface area (Å²) in [6.07, 6.45) is 0.878. The van der Waals surface area contributed by atoms with Gasteiger partial charge in [-0.2, -0.15) is 5.26 Å². The molecule has 0 aliphatic carbocycles. The molecule has 1 rings (SSSR count). The molecule has 0 unspecified atom stereocenters. The van der Waals surface area contributed by atoms with E-state index in [0.717, 1.165) is 13.4 Å². The van der Waals surface area contributed by atoms with E-state index in [2.05, 4.69) is 15.4 Å². The maximum Gasteiger partial charge on any atom is 0.334 e. The largest absolute Gasteiger partial charge is 0.467 e. The van der Waals surface area contributed by atoms with Crippen LogP contribution < -0.4 is 10.6 Å². The van der Waals surface area contributed by atoms with E-state index < -0.39 is 38.9 Å². The van der Waals surface area contributed by atoms with Gasteiger partial charge in [0.2, 0.25) is 5.91 Å². The highest BCUT2D eigenvalue weighted by Gasteiger charge is 2.56. The molecule has 2 N–H and O–H groups in total. The average molecular weight is 305 g/mol. The number of carbonyl (C=O) groups excluding carboxylic acids is 2. The number of carbonyl (C=O) groups is 2. The Hall–Kier alpha value is -1.73. The van der Waals surface area contributed by atoms with Crippen molar-refractivity contribution < 1.29 is 22.7 Å². The fraction of sp³-hybridized carbons (Fsp3) is 0.556. The zero-order chi connectivity index (χ0) is 14.8. The Labute approximate surface area is 115 Å². The first-order chi connectivity index (χ1) is 8.66. The van der Waals surface area contributed by atoms with E-state index in [0.29, 0.717) is 0 Å². The molecular formula is C9H11N3O5S2. The minimum absolute atomic E-state index is 0.231. The van der Waals surface area contributed by atoms with Gasteiger partial charge >= 0.3 is 5.97 Å². The van der Waals surface area contributed by atoms with Crippen molar-refractivity contribution in [1.29, 1.82) is 5.26 Å². The summed E-state index contributed by atoms with van der Waals surface area (Å²) in [5.41, 5.74) is -2.03. The molecule has 0 radical (unpaired) electrons. The molecule has 10 heteroatoms. The predicted molar refractivity (Wildman–Crippen MR) is 67.4 cm³/mol. The molecule has 0 bridgehead atoms. The molecule has 19 heavy (non-hydrogen) atoms. The number of esters is 1. The smallest absolute Gasteiger partial charge is 0.334 e. The normalized spacial score (nSPS) is 26.9. The first-order valence-electron chi connectivity index (χ1n) is 4.95. The van der Waals surface area contributed by atoms with Gasteiger partial charge in [0.1, 0.15) is 9.84 Å². The minimum atomic E-state index is -3.68. The molecule has 1 saturated heterocycles. The maximum absolute atomic E-state index is 11.9. The second kappa shape index (κ2) is 5.10. The van der Waals surface area contributed by atoms with Gasteiger partial charge in [0.25, 0.3) is 0 Å². The summed E-state index contributed by atoms with van der Waals surface area (Å²) < 4.78 is 27.4. The second-order valence-electron chi connectivity index (χ2n) is 4.04. The number of thiocarbonyl (C=S) groups is 1. The lowest BCUT2D eigenvalue weighted by Gasteiger charge is -2.38. The third-order valence-corrected chi connectivity index (χ3v) is 3.68. The average Bonchev–Trinajstić information content (AvgIpc) is 2.24. The van der Waals surface area contributed by atoms with Crippen molar-refractivity contribution in [2.24, 2.45) is 5.92 Å². The fourth-order valence-corrected chi connectivity index (χ4v) is 3.29. The van der Waals surface area contributed by atoms with Gasteiger partial charge in [-0.1, -0.05) is 0 Å². The van der Waals surface area contributed by atoms with Gasteiger partial charge in [0.15, 0.2) is 16.6 Å². The van der Waals surface area contributed by atoms with Crippen LogP contribution in [0.2, 0.25) is 0 Å². The maximum atomic E-state index is 11.9. The molecule has 1 heterocycles. The van der Waals surface area contributed by atoms with Crippen LogP contribution in [0, 0.1) is 17.2 Å². The molecule has 8 nitrogen and oxygen atoms in total. The van der Waals surface area contributed by atoms with Crippen LogP contribution in [0.5, 0.6) is 0 Å². The van der Waals surface area contributed by atoms with E-state index in [1.54, 1.807) is 6.07 Å². The highest BCUT2D eigenvalue weighted by Crippen LogP contribution is 2.24. The van der Waals surface area contributed by atoms with Crippen molar-refractivity contribution in [3.8, 4) is 6.07 Å². The van der Waals surface area contributed by atoms with E-state index in [9.17, 15) is 18.0 Å². The monoisotopic (exact) mass is 305 g/mol. The third-order valence-electron chi connectivity index (χ3n) is 2.50. The van der Waals surface area contributed by atoms with Gasteiger partial charge in [-0.15, -0.1) is 0 Å². The Bertz CT molecular complexity index is 579. The van der Waals surface area contributed by atoms with Gasteiger partial charge in [-0.3, -0.25) is 4.79 Å². The lowest BCUT2D eigenvalue weighted by molar-refractivity contribution is -0.151. The molecule has 2 atom stereocenters. The second-order valence-corrected chi connectivity index (χ2v) is 6.59. The quantitative estimate of drug-likeness (QED) is 0.457. The number of hydrogen-bond donors (Lipinski definition) is 2. The summed E-state index contributed by atoms with van der Waals surface area (Å²) in [6.45, 7) is 0. The Morgan fingerprint density at radius 2 is 2.21 bits per heavy atom. The zero-order valence-electron chi connectivity index (χ0n) is 10.1. The number of nitriles is 1. The van der Waals surface area contributed by atoms with E-state index in [1.807, 2.05) is 0 Å². The SMILES string of the molecule is COC(=O)[C@]1(CS(C)(=O)=O)NC(=S)NC(=O)[C@@H]1C#N. The summed E-state index contributed by atoms with van der Waals surface area (Å²) in [4.78, 5) is 23.6. The van der Waals surface area contributed by atoms with Crippen molar-refractivity contribution in [3.05, 3.63) is 0 Å². The Kier molecular flexibility index (Phi) is 4.12. The van der Waals surface area contributed by atoms with Crippen LogP contribution in [0.4, 0.5) is 0 Å². The Morgan fingerprint density at radius 1 is 1.63 bits per heavy atom. The molecule has 0 aromatic carbocycles. The number of ether oxygens (including phenoxy) is 1. The van der Waals surface area contributed by atoms with Gasteiger partial charge in [-0.25, -0.2) is 13.2 Å². The molecule has 0 spiro atoms. The first-order valence-corrected chi connectivity index (χ1v) is 7.42. The van der Waals surface area contributed by atoms with Crippen molar-refractivity contribution in [3.63, 3.8) is 0 Å². The van der Waals surface area contributed by atoms with Crippen LogP contribution >= 0.6 is 12.2 Å². The predicted octanol–water partition coefficient (Wildman–Crippen LogP) is -1.91. The number of amides is 1. The number of sulfone groups is 1. The van der Waals surface area contributed by atoms with E-state index in [-0.39, 0.29) is 5.11 Å². The molecule has 1 aliphatic rings. The van der Waals surface area contributed by atoms with Crippen molar-refractivity contribution in [2.75, 3.05) is 19.1 Å². The zero-order valence-corrected chi connectivity index (χ0v) is 11.7. The van der Waals surface area contributed by atoms with Crippen LogP contribution in [-0.4, -0.2) is 50.1 Å². The molecule has 1 aliphatic heterocycles. The van der Waals surface area contributed by atoms with E-state index in [1.165, 1.54) is 0 Å². The van der Waals surface area contributed by atoms with Gasteiger partial charge in [-0.05, 0) is 12.2 Å². The molecule has 1 amide bonds. The van der Waals surface area contributed by atoms with E-state index in [4.69, 9.17) is 17.5 Å². The molecular weight excluding hydrogens is 294 g/mol. The molecule has 0 aromatic rings. The van der Waals surface area contributed by atoms with Crippen LogP contribution in [0.15, 0.2) is 0 Å². The van der Waals surface area contributed by atoms with Crippen LogP contribution in [0.3, 0.4) is 0 Å². The lowest BCUT2D eigenvalue weighted by Crippen LogP contribution is -2.72. The summed E-state index contributed by atoms with van der Waals surface area (Å²) in [5, 5.41) is 13.3. The number of methoxy groups -OCH3 is 1. The van der Waals surface area contributed by atoms with Crippen molar-refractivity contribution in [2.45, 2.75) is 5.54 Å². The highest BCUT2D eigenvalue weighted by molar-refractivity contribution is 7.90. The van der Waals surface area contributed by atoms with Gasteiger partial charge in [0, 0.05) is 6.26 Å². The number of hydrogen-bond acceptors (Lipinski definition) is 7. The first kappa shape index (κ1) is 15.3. The summed E-state index contributed by atoms with van der Waals surface area (Å²) in [6, 6.07) is 1.60. The number of nitrogens with zero attached hydrogens (tertiary/aromatic N) is 1. The Morgan fingerprint density at radius 3 is 2.63 bits per heavy atom. The fourth-order valence-electron chi connectivity index (χ4n) is 1.83. The summed E-state index contributed by atoms with van der Waals surface area (Å²) >= 11 is 4.73. The van der Waals surface area contributed by atoms with Crippen molar-refractivity contribution >= 4 is 39.0 Å². The van der Waals surface area contributed by atoms with Crippen molar-refractivity contribution in [1.82, 2.24) is 10.6 Å². The summed E-state index contributed by atoms with van der Waals surface area (Å²) in [7, 11) is -2.66. The van der Waals surface area contributed by atoms with Crippen LogP contribution in [-0.2, 0) is 24.2 Å². The third kappa shape index (κ3) is 2.99.